The van der Waals surface area contributed by atoms with Gasteiger partial charge in [-0.05, 0) is 71.8 Å². The van der Waals surface area contributed by atoms with Crippen molar-refractivity contribution in [2.45, 2.75) is 12.6 Å². The second kappa shape index (κ2) is 14.8. The molecule has 254 valence electrons. The van der Waals surface area contributed by atoms with E-state index >= 15 is 0 Å². The summed E-state index contributed by atoms with van der Waals surface area (Å²) in [6.45, 7) is -0.543. The number of hydrogen-bond acceptors (Lipinski definition) is 9. The third kappa shape index (κ3) is 7.13. The minimum absolute atomic E-state index is 0.0469. The van der Waals surface area contributed by atoms with Gasteiger partial charge in [0, 0.05) is 32.0 Å². The van der Waals surface area contributed by atoms with Crippen LogP contribution in [0.25, 0.3) is 0 Å². The summed E-state index contributed by atoms with van der Waals surface area (Å²) in [5.74, 6) is -1.20. The molecule has 5 rings (SSSR count). The Morgan fingerprint density at radius 3 is 2.00 bits per heavy atom. The lowest BCUT2D eigenvalue weighted by molar-refractivity contribution is -0.139. The lowest BCUT2D eigenvalue weighted by Crippen LogP contribution is -2.46. The van der Waals surface area contributed by atoms with E-state index in [-0.39, 0.29) is 23.6 Å². The fourth-order valence-corrected chi connectivity index (χ4v) is 5.67. The zero-order valence-corrected chi connectivity index (χ0v) is 28.2. The zero-order chi connectivity index (χ0) is 35.2. The molecule has 1 aliphatic heterocycles. The van der Waals surface area contributed by atoms with Gasteiger partial charge in [-0.2, -0.15) is 0 Å². The molecule has 0 fully saturated rings. The number of ketones is 1. The van der Waals surface area contributed by atoms with Gasteiger partial charge in [0.1, 0.15) is 18.3 Å². The number of ether oxygens (including phenoxy) is 4. The molecule has 1 heterocycles. The van der Waals surface area contributed by atoms with E-state index in [1.165, 1.54) is 26.2 Å². The van der Waals surface area contributed by atoms with Crippen molar-refractivity contribution in [1.29, 1.82) is 0 Å². The minimum atomic E-state index is -1.28. The monoisotopic (exact) mass is 666 g/mol. The molecule has 4 aromatic rings. The van der Waals surface area contributed by atoms with E-state index < -0.39 is 36.1 Å². The Morgan fingerprint density at radius 2 is 1.43 bits per heavy atom. The van der Waals surface area contributed by atoms with Crippen LogP contribution in [0.1, 0.15) is 27.5 Å². The number of methoxy groups -OCH3 is 4. The third-order valence-corrected chi connectivity index (χ3v) is 8.22. The Morgan fingerprint density at radius 1 is 0.796 bits per heavy atom. The zero-order valence-electron chi connectivity index (χ0n) is 28.2. The maximum Gasteiger partial charge on any atom is 0.299 e. The predicted molar refractivity (Wildman–Crippen MR) is 185 cm³/mol. The van der Waals surface area contributed by atoms with Crippen molar-refractivity contribution in [2.24, 2.45) is 0 Å². The van der Waals surface area contributed by atoms with Crippen molar-refractivity contribution in [2.75, 3.05) is 64.2 Å². The maximum absolute atomic E-state index is 14.5. The summed E-state index contributed by atoms with van der Waals surface area (Å²) in [6.07, 6.45) is 0. The third-order valence-electron chi connectivity index (χ3n) is 8.22. The number of para-hydroxylation sites is 1. The molecule has 12 heteroatoms. The second-order valence-electron chi connectivity index (χ2n) is 11.4. The number of Topliss-reactive ketones (excluding diaryl/α,β-unsaturated/α-hetero) is 1. The van der Waals surface area contributed by atoms with Crippen LogP contribution in [0.5, 0.6) is 23.0 Å². The average Bonchev–Trinajstić information content (AvgIpc) is 3.35. The molecule has 1 atom stereocenters. The normalized spacial score (nSPS) is 12.6. The lowest BCUT2D eigenvalue weighted by atomic mass is 10.0. The van der Waals surface area contributed by atoms with Crippen LogP contribution in [0, 0.1) is 0 Å². The van der Waals surface area contributed by atoms with Crippen LogP contribution in [0.15, 0.2) is 84.9 Å². The highest BCUT2D eigenvalue weighted by Gasteiger charge is 2.40. The molecule has 0 radical (unpaired) electrons. The summed E-state index contributed by atoms with van der Waals surface area (Å²) in [7, 11) is 9.74. The number of benzene rings is 4. The minimum Gasteiger partial charge on any atom is -0.497 e. The van der Waals surface area contributed by atoms with E-state index in [9.17, 15) is 19.2 Å². The summed E-state index contributed by atoms with van der Waals surface area (Å²) in [5.41, 5.74) is 2.99. The SMILES string of the molecule is COc1ccc(CN(C(=O)CN2C(=O)C(=O)c3ccccc32)[C@@H](C(=O)Nc2ccc(N(C)C)cc2)c2cc(OC)c(OC)c(OC)c2)cc1. The summed E-state index contributed by atoms with van der Waals surface area (Å²) in [6, 6.07) is 22.7. The molecule has 0 bridgehead atoms. The first-order valence-corrected chi connectivity index (χ1v) is 15.4. The largest absolute Gasteiger partial charge is 0.497 e. The summed E-state index contributed by atoms with van der Waals surface area (Å²) < 4.78 is 22.1. The van der Waals surface area contributed by atoms with Gasteiger partial charge >= 0.3 is 0 Å². The maximum atomic E-state index is 14.5. The van der Waals surface area contributed by atoms with Crippen LogP contribution in [0.3, 0.4) is 0 Å². The Bertz CT molecular complexity index is 1830. The molecule has 4 aromatic carbocycles. The van der Waals surface area contributed by atoms with Gasteiger partial charge < -0.3 is 34.1 Å². The molecular weight excluding hydrogens is 628 g/mol. The van der Waals surface area contributed by atoms with Gasteiger partial charge in [-0.1, -0.05) is 24.3 Å². The van der Waals surface area contributed by atoms with E-state index in [2.05, 4.69) is 5.32 Å². The summed E-state index contributed by atoms with van der Waals surface area (Å²) in [5, 5.41) is 2.96. The number of hydrogen-bond donors (Lipinski definition) is 1. The fourth-order valence-electron chi connectivity index (χ4n) is 5.67. The molecule has 0 unspecified atom stereocenters. The first-order valence-electron chi connectivity index (χ1n) is 15.4. The Kier molecular flexibility index (Phi) is 10.4. The quantitative estimate of drug-likeness (QED) is 0.202. The van der Waals surface area contributed by atoms with E-state index in [4.69, 9.17) is 18.9 Å². The number of carbonyl (C=O) groups excluding carboxylic acids is 4. The first-order chi connectivity index (χ1) is 23.6. The molecular formula is C37H38N4O8. The highest BCUT2D eigenvalue weighted by Crippen LogP contribution is 2.41. The van der Waals surface area contributed by atoms with Gasteiger partial charge in [0.25, 0.3) is 17.6 Å². The Balaban J connectivity index is 1.63. The first kappa shape index (κ1) is 34.3. The molecule has 1 N–H and O–H groups in total. The molecule has 3 amide bonds. The molecule has 12 nitrogen and oxygen atoms in total. The standard InChI is InChI=1S/C37H38N4O8/c1-39(2)26-15-13-25(14-16-26)38-36(44)33(24-19-30(47-4)35(49-6)31(20-24)48-5)41(21-23-11-17-27(46-3)18-12-23)32(42)22-40-29-10-8-7-9-28(29)34(43)37(40)45/h7-20,33H,21-22H2,1-6H3,(H,38,44)/t33-/m1/s1. The van der Waals surface area contributed by atoms with Crippen molar-refractivity contribution < 1.29 is 38.1 Å². The van der Waals surface area contributed by atoms with Crippen LogP contribution in [0.2, 0.25) is 0 Å². The molecule has 0 aromatic heterocycles. The lowest BCUT2D eigenvalue weighted by Gasteiger charge is -2.33. The van der Waals surface area contributed by atoms with E-state index in [1.807, 2.05) is 31.1 Å². The Hall–Kier alpha value is -6.04. The number of rotatable bonds is 13. The molecule has 0 aliphatic carbocycles. The Labute approximate surface area is 284 Å². The van der Waals surface area contributed by atoms with Crippen molar-refractivity contribution in [1.82, 2.24) is 4.90 Å². The van der Waals surface area contributed by atoms with Crippen molar-refractivity contribution in [3.8, 4) is 23.0 Å². The van der Waals surface area contributed by atoms with Crippen LogP contribution < -0.4 is 34.1 Å². The number of amides is 3. The van der Waals surface area contributed by atoms with Gasteiger partial charge in [0.05, 0.1) is 39.7 Å². The molecule has 49 heavy (non-hydrogen) atoms. The number of carbonyl (C=O) groups is 4. The van der Waals surface area contributed by atoms with Crippen LogP contribution >= 0.6 is 0 Å². The highest BCUT2D eigenvalue weighted by atomic mass is 16.5. The second-order valence-corrected chi connectivity index (χ2v) is 11.4. The van der Waals surface area contributed by atoms with Crippen molar-refractivity contribution >= 4 is 40.6 Å². The van der Waals surface area contributed by atoms with Gasteiger partial charge in [0.15, 0.2) is 11.5 Å². The summed E-state index contributed by atoms with van der Waals surface area (Å²) in [4.78, 5) is 59.4. The van der Waals surface area contributed by atoms with Gasteiger partial charge in [-0.25, -0.2) is 0 Å². The van der Waals surface area contributed by atoms with Gasteiger partial charge in [0.2, 0.25) is 11.7 Å². The fraction of sp³-hybridized carbons (Fsp3) is 0.243. The molecule has 0 spiro atoms. The van der Waals surface area contributed by atoms with Crippen molar-refractivity contribution in [3.63, 3.8) is 0 Å². The van der Waals surface area contributed by atoms with Gasteiger partial charge in [-0.3, -0.25) is 24.1 Å². The van der Waals surface area contributed by atoms with Crippen molar-refractivity contribution in [3.05, 3.63) is 102 Å². The van der Waals surface area contributed by atoms with E-state index in [0.717, 1.165) is 10.6 Å². The smallest absolute Gasteiger partial charge is 0.299 e. The topological polar surface area (TPSA) is 127 Å². The predicted octanol–water partition coefficient (Wildman–Crippen LogP) is 4.73. The number of fused-ring (bicyclic) bond motifs is 1. The average molecular weight is 667 g/mol. The van der Waals surface area contributed by atoms with Crippen LogP contribution in [-0.4, -0.2) is 77.5 Å². The molecule has 0 saturated carbocycles. The number of nitrogens with zero attached hydrogens (tertiary/aromatic N) is 3. The van der Waals surface area contributed by atoms with E-state index in [0.29, 0.717) is 34.0 Å². The molecule has 0 saturated heterocycles. The summed E-state index contributed by atoms with van der Waals surface area (Å²) >= 11 is 0. The highest BCUT2D eigenvalue weighted by molar-refractivity contribution is 6.52. The van der Waals surface area contributed by atoms with Crippen LogP contribution in [-0.2, 0) is 20.9 Å². The number of anilines is 3. The molecule has 1 aliphatic rings. The number of nitrogens with one attached hydrogen (secondary N) is 1. The van der Waals surface area contributed by atoms with Crippen LogP contribution in [0.4, 0.5) is 17.1 Å². The van der Waals surface area contributed by atoms with Gasteiger partial charge in [-0.15, -0.1) is 0 Å². The van der Waals surface area contributed by atoms with E-state index in [1.54, 1.807) is 79.9 Å².